The molecule has 3 N–H and O–H groups in total. The summed E-state index contributed by atoms with van der Waals surface area (Å²) in [5.41, 5.74) is 6.31. The largest absolute Gasteiger partial charge is 0.400 e. The number of hydrogen-bond acceptors (Lipinski definition) is 4. The number of nitrogens with zero attached hydrogens (tertiary/aromatic N) is 2. The minimum absolute atomic E-state index is 0.154. The van der Waals surface area contributed by atoms with Crippen LogP contribution in [0.15, 0.2) is 16.9 Å². The van der Waals surface area contributed by atoms with Crippen molar-refractivity contribution in [1.82, 2.24) is 4.90 Å². The van der Waals surface area contributed by atoms with E-state index in [1.807, 2.05) is 18.9 Å². The van der Waals surface area contributed by atoms with Crippen LogP contribution in [0.4, 0.5) is 0 Å². The average Bonchev–Trinajstić information content (AvgIpc) is 2.01. The highest BCUT2D eigenvalue weighted by atomic mass is 16.3. The van der Waals surface area contributed by atoms with Gasteiger partial charge in [0, 0.05) is 31.2 Å². The maximum Gasteiger partial charge on any atom is 0.0558 e. The lowest BCUT2D eigenvalue weighted by molar-refractivity contribution is 0.230. The van der Waals surface area contributed by atoms with E-state index in [0.717, 1.165) is 0 Å². The normalized spacial score (nSPS) is 13.2. The van der Waals surface area contributed by atoms with Crippen molar-refractivity contribution in [2.75, 3.05) is 26.7 Å². The second-order valence-corrected chi connectivity index (χ2v) is 2.57. The van der Waals surface area contributed by atoms with Crippen molar-refractivity contribution >= 4 is 6.21 Å². The summed E-state index contributed by atoms with van der Waals surface area (Å²) in [6, 6.07) is 0. The molecule has 0 rings (SSSR count). The number of hydrogen-bond donors (Lipinski definition) is 2. The maximum absolute atomic E-state index is 8.59. The van der Waals surface area contributed by atoms with Crippen LogP contribution in [0.25, 0.3) is 0 Å². The Hall–Kier alpha value is -0.870. The Morgan fingerprint density at radius 3 is 2.83 bits per heavy atom. The first-order valence-corrected chi connectivity index (χ1v) is 3.92. The summed E-state index contributed by atoms with van der Waals surface area (Å²) < 4.78 is 0. The van der Waals surface area contributed by atoms with Gasteiger partial charge in [-0.3, -0.25) is 9.89 Å². The third kappa shape index (κ3) is 5.88. The highest BCUT2D eigenvalue weighted by molar-refractivity contribution is 5.54. The summed E-state index contributed by atoms with van der Waals surface area (Å²) >= 11 is 0. The zero-order chi connectivity index (χ0) is 9.40. The van der Waals surface area contributed by atoms with E-state index < -0.39 is 0 Å². The summed E-state index contributed by atoms with van der Waals surface area (Å²) in [5.74, 6) is 0. The third-order valence-corrected chi connectivity index (χ3v) is 1.32. The van der Waals surface area contributed by atoms with Gasteiger partial charge in [0.25, 0.3) is 0 Å². The van der Waals surface area contributed by atoms with Crippen LogP contribution < -0.4 is 5.73 Å². The predicted octanol–water partition coefficient (Wildman–Crippen LogP) is -0.199. The van der Waals surface area contributed by atoms with Crippen LogP contribution in [-0.4, -0.2) is 43.0 Å². The molecule has 0 spiro atoms. The fourth-order valence-corrected chi connectivity index (χ4v) is 0.773. The number of likely N-dealkylation sites (N-methyl/N-ethyl adjacent to an activating group) is 1. The molecule has 0 amide bonds. The van der Waals surface area contributed by atoms with E-state index in [1.54, 1.807) is 12.4 Å². The second-order valence-electron chi connectivity index (χ2n) is 2.57. The van der Waals surface area contributed by atoms with E-state index in [9.17, 15) is 0 Å². The Labute approximate surface area is 73.4 Å². The fraction of sp³-hybridized carbons (Fsp3) is 0.625. The summed E-state index contributed by atoms with van der Waals surface area (Å²) in [7, 11) is 1.90. The molecule has 0 atom stereocenters. The molecule has 0 aliphatic heterocycles. The van der Waals surface area contributed by atoms with Crippen LogP contribution in [0.1, 0.15) is 6.92 Å². The van der Waals surface area contributed by atoms with Crippen molar-refractivity contribution in [1.29, 1.82) is 0 Å². The van der Waals surface area contributed by atoms with Crippen LogP contribution in [0.3, 0.4) is 0 Å². The van der Waals surface area contributed by atoms with Gasteiger partial charge in [-0.25, -0.2) is 0 Å². The molecule has 4 nitrogen and oxygen atoms in total. The van der Waals surface area contributed by atoms with E-state index in [2.05, 4.69) is 4.99 Å². The first kappa shape index (κ1) is 11.1. The summed E-state index contributed by atoms with van der Waals surface area (Å²) in [5, 5.41) is 8.59. The molecule has 0 aromatic heterocycles. The molecule has 12 heavy (non-hydrogen) atoms. The monoisotopic (exact) mass is 171 g/mol. The van der Waals surface area contributed by atoms with Crippen molar-refractivity contribution in [2.45, 2.75) is 6.92 Å². The van der Waals surface area contributed by atoms with Gasteiger partial charge in [-0.1, -0.05) is 0 Å². The van der Waals surface area contributed by atoms with Gasteiger partial charge in [0.2, 0.25) is 0 Å². The van der Waals surface area contributed by atoms with Crippen LogP contribution in [0, 0.1) is 0 Å². The average molecular weight is 171 g/mol. The van der Waals surface area contributed by atoms with Crippen molar-refractivity contribution in [2.24, 2.45) is 10.7 Å². The number of aliphatic hydroxyl groups excluding tert-OH is 1. The molecule has 4 heteroatoms. The quantitative estimate of drug-likeness (QED) is 0.563. The molecular weight excluding hydrogens is 154 g/mol. The molecule has 0 fully saturated rings. The molecule has 0 aromatic rings. The Balaban J connectivity index is 3.74. The van der Waals surface area contributed by atoms with Gasteiger partial charge in [-0.05, 0) is 14.0 Å². The molecule has 0 aromatic carbocycles. The molecule has 70 valence electrons. The Kier molecular flexibility index (Phi) is 6.32. The van der Waals surface area contributed by atoms with E-state index >= 15 is 0 Å². The van der Waals surface area contributed by atoms with Gasteiger partial charge in [0.1, 0.15) is 0 Å². The van der Waals surface area contributed by atoms with Crippen molar-refractivity contribution in [3.8, 4) is 0 Å². The van der Waals surface area contributed by atoms with Gasteiger partial charge in [-0.2, -0.15) is 0 Å². The molecule has 0 heterocycles. The van der Waals surface area contributed by atoms with Gasteiger partial charge < -0.3 is 10.8 Å². The van der Waals surface area contributed by atoms with Crippen LogP contribution in [0.5, 0.6) is 0 Å². The lowest BCUT2D eigenvalue weighted by atomic mass is 10.4. The summed E-state index contributed by atoms with van der Waals surface area (Å²) in [4.78, 5) is 5.81. The first-order valence-electron chi connectivity index (χ1n) is 3.92. The van der Waals surface area contributed by atoms with E-state index in [-0.39, 0.29) is 6.61 Å². The minimum atomic E-state index is 0.154. The standard InChI is InChI=1S/C8H17N3O/c1-3-10-6-8(9)7-11(2)4-5-12/h3,6,12H,4-5,7,9H2,1-2H3/b8-6-,10-3+. The van der Waals surface area contributed by atoms with Gasteiger partial charge in [-0.15, -0.1) is 0 Å². The van der Waals surface area contributed by atoms with Crippen molar-refractivity contribution in [3.05, 3.63) is 11.9 Å². The Bertz CT molecular complexity index is 166. The molecule has 0 unspecified atom stereocenters. The number of aliphatic imine (C=N–C) groups is 1. The zero-order valence-electron chi connectivity index (χ0n) is 7.70. The topological polar surface area (TPSA) is 61.8 Å². The van der Waals surface area contributed by atoms with E-state index in [4.69, 9.17) is 10.8 Å². The highest BCUT2D eigenvalue weighted by Gasteiger charge is 1.97. The molecule has 0 saturated heterocycles. The van der Waals surface area contributed by atoms with E-state index in [1.165, 1.54) is 0 Å². The molecular formula is C8H17N3O. The lowest BCUT2D eigenvalue weighted by Crippen LogP contribution is -2.26. The highest BCUT2D eigenvalue weighted by Crippen LogP contribution is 1.89. The molecule has 0 aliphatic rings. The Morgan fingerprint density at radius 2 is 2.33 bits per heavy atom. The summed E-state index contributed by atoms with van der Waals surface area (Å²) in [6.45, 7) is 3.25. The fourth-order valence-electron chi connectivity index (χ4n) is 0.773. The smallest absolute Gasteiger partial charge is 0.0558 e. The number of rotatable bonds is 5. The molecule has 0 saturated carbocycles. The second kappa shape index (κ2) is 6.82. The van der Waals surface area contributed by atoms with Gasteiger partial charge in [0.15, 0.2) is 0 Å². The summed E-state index contributed by atoms with van der Waals surface area (Å²) in [6.07, 6.45) is 3.30. The molecule has 0 aliphatic carbocycles. The Morgan fingerprint density at radius 1 is 1.67 bits per heavy atom. The minimum Gasteiger partial charge on any atom is -0.400 e. The van der Waals surface area contributed by atoms with Crippen molar-refractivity contribution in [3.63, 3.8) is 0 Å². The SMILES string of the molecule is C/C=N/C=C(\N)CN(C)CCO. The number of aliphatic hydroxyl groups is 1. The third-order valence-electron chi connectivity index (χ3n) is 1.32. The van der Waals surface area contributed by atoms with Crippen molar-refractivity contribution < 1.29 is 5.11 Å². The van der Waals surface area contributed by atoms with E-state index in [0.29, 0.717) is 18.8 Å². The van der Waals surface area contributed by atoms with Crippen LogP contribution in [0.2, 0.25) is 0 Å². The van der Waals surface area contributed by atoms with Gasteiger partial charge >= 0.3 is 0 Å². The number of nitrogens with two attached hydrogens (primary N) is 1. The lowest BCUT2D eigenvalue weighted by Gasteiger charge is -2.14. The maximum atomic E-state index is 8.59. The van der Waals surface area contributed by atoms with Crippen LogP contribution in [-0.2, 0) is 0 Å². The molecule has 0 radical (unpaired) electrons. The predicted molar refractivity (Wildman–Crippen MR) is 51.0 cm³/mol. The molecule has 0 bridgehead atoms. The zero-order valence-corrected chi connectivity index (χ0v) is 7.70. The first-order chi connectivity index (χ1) is 5.70. The van der Waals surface area contributed by atoms with Gasteiger partial charge in [0.05, 0.1) is 6.61 Å². The van der Waals surface area contributed by atoms with Crippen LogP contribution >= 0.6 is 0 Å².